The highest BCUT2D eigenvalue weighted by Gasteiger charge is 2.33. The van der Waals surface area contributed by atoms with Crippen LogP contribution in [0, 0.1) is 12.7 Å². The first kappa shape index (κ1) is 30.7. The van der Waals surface area contributed by atoms with Crippen molar-refractivity contribution in [3.63, 3.8) is 0 Å². The summed E-state index contributed by atoms with van der Waals surface area (Å²) in [5, 5.41) is 0. The molecule has 0 spiro atoms. The fourth-order valence-corrected chi connectivity index (χ4v) is 6.18. The molecule has 0 saturated heterocycles. The molecule has 1 atom stereocenters. The summed E-state index contributed by atoms with van der Waals surface area (Å²) in [5.41, 5.74) is 4.79. The highest BCUT2D eigenvalue weighted by atomic mass is 32.1. The van der Waals surface area contributed by atoms with Gasteiger partial charge in [-0.1, -0.05) is 59.4 Å². The van der Waals surface area contributed by atoms with E-state index in [1.165, 1.54) is 23.5 Å². The molecule has 0 unspecified atom stereocenters. The van der Waals surface area contributed by atoms with Crippen LogP contribution in [0.2, 0.25) is 0 Å². The molecule has 0 fully saturated rings. The van der Waals surface area contributed by atoms with Gasteiger partial charge in [-0.3, -0.25) is 9.36 Å². The van der Waals surface area contributed by atoms with Gasteiger partial charge in [-0.15, -0.1) is 6.58 Å². The zero-order chi connectivity index (χ0) is 31.4. The highest BCUT2D eigenvalue weighted by Crippen LogP contribution is 2.35. The second-order valence-electron chi connectivity index (χ2n) is 10.3. The summed E-state index contributed by atoms with van der Waals surface area (Å²) >= 11 is 1.25. The van der Waals surface area contributed by atoms with Gasteiger partial charge in [0.05, 0.1) is 35.6 Å². The number of hydrogen-bond donors (Lipinski definition) is 0. The zero-order valence-corrected chi connectivity index (χ0v) is 25.9. The second-order valence-corrected chi connectivity index (χ2v) is 11.3. The SMILES string of the molecule is C=CCc1cc(/C=c2/sc3n(c2=O)[C@H](c2ccc(C)cc2)C(C(=O)OCC)=C(C)N=3)cc(OC)c1OCc1ccc(F)cc1. The molecule has 5 rings (SSSR count). The van der Waals surface area contributed by atoms with Gasteiger partial charge in [0.2, 0.25) is 0 Å². The molecule has 226 valence electrons. The van der Waals surface area contributed by atoms with Crippen LogP contribution >= 0.6 is 11.3 Å². The van der Waals surface area contributed by atoms with Gasteiger partial charge in [-0.25, -0.2) is 14.2 Å². The summed E-state index contributed by atoms with van der Waals surface area (Å²) in [6, 6.07) is 16.9. The lowest BCUT2D eigenvalue weighted by atomic mass is 9.95. The van der Waals surface area contributed by atoms with Crippen molar-refractivity contribution in [2.24, 2.45) is 4.99 Å². The van der Waals surface area contributed by atoms with Crippen molar-refractivity contribution < 1.29 is 23.4 Å². The second kappa shape index (κ2) is 13.3. The van der Waals surface area contributed by atoms with Crippen molar-refractivity contribution in [1.29, 1.82) is 0 Å². The third kappa shape index (κ3) is 6.28. The molecule has 0 amide bonds. The van der Waals surface area contributed by atoms with Gasteiger partial charge in [0.1, 0.15) is 12.4 Å². The monoisotopic (exact) mass is 612 g/mol. The number of nitrogens with zero attached hydrogens (tertiary/aromatic N) is 2. The minimum Gasteiger partial charge on any atom is -0.493 e. The molecule has 0 saturated carbocycles. The van der Waals surface area contributed by atoms with Crippen LogP contribution in [0.4, 0.5) is 4.39 Å². The molecule has 2 heterocycles. The van der Waals surface area contributed by atoms with E-state index in [0.717, 1.165) is 27.8 Å². The van der Waals surface area contributed by atoms with E-state index < -0.39 is 12.0 Å². The average molecular weight is 613 g/mol. The minimum absolute atomic E-state index is 0.207. The number of methoxy groups -OCH3 is 1. The third-order valence-electron chi connectivity index (χ3n) is 7.24. The van der Waals surface area contributed by atoms with Gasteiger partial charge < -0.3 is 14.2 Å². The standard InChI is InChI=1S/C35H33FN2O5S/c1-6-8-26-17-24(18-28(41-5)32(26)43-20-23-11-15-27(36)16-12-23)19-29-33(39)38-31(25-13-9-21(3)10-14-25)30(34(40)42-7-2)22(4)37-35(38)44-29/h6,9-19,31H,1,7-8,20H2,2-5H3/b29-19+/t31-/m1/s1. The molecule has 0 bridgehead atoms. The quantitative estimate of drug-likeness (QED) is 0.173. The topological polar surface area (TPSA) is 79.1 Å². The molecule has 0 radical (unpaired) electrons. The van der Waals surface area contributed by atoms with Crippen molar-refractivity contribution in [3.05, 3.63) is 138 Å². The third-order valence-corrected chi connectivity index (χ3v) is 8.23. The minimum atomic E-state index is -0.679. The van der Waals surface area contributed by atoms with E-state index in [2.05, 4.69) is 11.6 Å². The largest absolute Gasteiger partial charge is 0.493 e. The zero-order valence-electron chi connectivity index (χ0n) is 25.1. The molecular weight excluding hydrogens is 579 g/mol. The molecule has 4 aromatic rings. The van der Waals surface area contributed by atoms with E-state index in [4.69, 9.17) is 14.2 Å². The number of benzene rings is 3. The van der Waals surface area contributed by atoms with Crippen LogP contribution in [0.25, 0.3) is 6.08 Å². The molecule has 1 aliphatic heterocycles. The van der Waals surface area contributed by atoms with E-state index in [9.17, 15) is 14.0 Å². The predicted octanol–water partition coefficient (Wildman–Crippen LogP) is 5.56. The highest BCUT2D eigenvalue weighted by molar-refractivity contribution is 7.07. The lowest BCUT2D eigenvalue weighted by Crippen LogP contribution is -2.39. The molecule has 44 heavy (non-hydrogen) atoms. The fourth-order valence-electron chi connectivity index (χ4n) is 5.13. The number of ether oxygens (including phenoxy) is 3. The normalized spacial score (nSPS) is 14.6. The first-order chi connectivity index (χ1) is 21.2. The number of allylic oxidation sites excluding steroid dienone is 2. The number of rotatable bonds is 10. The Morgan fingerprint density at radius 1 is 1.11 bits per heavy atom. The van der Waals surface area contributed by atoms with Crippen molar-refractivity contribution in [2.45, 2.75) is 39.8 Å². The van der Waals surface area contributed by atoms with Gasteiger partial charge in [-0.2, -0.15) is 0 Å². The van der Waals surface area contributed by atoms with E-state index in [1.807, 2.05) is 37.3 Å². The van der Waals surface area contributed by atoms with Crippen molar-refractivity contribution in [2.75, 3.05) is 13.7 Å². The Balaban J connectivity index is 1.60. The van der Waals surface area contributed by atoms with Crippen LogP contribution in [0.3, 0.4) is 0 Å². The molecule has 1 aromatic heterocycles. The van der Waals surface area contributed by atoms with Gasteiger partial charge in [0.25, 0.3) is 5.56 Å². The molecule has 0 aliphatic carbocycles. The smallest absolute Gasteiger partial charge is 0.338 e. The number of esters is 1. The summed E-state index contributed by atoms with van der Waals surface area (Å²) in [6.07, 6.45) is 4.05. The molecule has 7 nitrogen and oxygen atoms in total. The lowest BCUT2D eigenvalue weighted by Gasteiger charge is -2.24. The van der Waals surface area contributed by atoms with Crippen LogP contribution in [-0.4, -0.2) is 24.3 Å². The van der Waals surface area contributed by atoms with Crippen LogP contribution < -0.4 is 24.4 Å². The maximum Gasteiger partial charge on any atom is 0.338 e. The Morgan fingerprint density at radius 3 is 2.50 bits per heavy atom. The van der Waals surface area contributed by atoms with Gasteiger partial charge in [-0.05, 0) is 74.2 Å². The molecule has 1 aliphatic rings. The Labute approximate surface area is 258 Å². The Hall–Kier alpha value is -4.76. The van der Waals surface area contributed by atoms with E-state index in [0.29, 0.717) is 38.5 Å². The number of carbonyl (C=O) groups excluding carboxylic acids is 1. The molecule has 9 heteroatoms. The van der Waals surface area contributed by atoms with Crippen LogP contribution in [0.15, 0.2) is 94.4 Å². The predicted molar refractivity (Wildman–Crippen MR) is 169 cm³/mol. The van der Waals surface area contributed by atoms with Crippen molar-refractivity contribution in [3.8, 4) is 11.5 Å². The number of aromatic nitrogens is 1. The van der Waals surface area contributed by atoms with Gasteiger partial charge in [0, 0.05) is 5.56 Å². The van der Waals surface area contributed by atoms with E-state index in [1.54, 1.807) is 55.9 Å². The van der Waals surface area contributed by atoms with E-state index in [-0.39, 0.29) is 24.6 Å². The molecule has 0 N–H and O–H groups in total. The van der Waals surface area contributed by atoms with Crippen LogP contribution in [-0.2, 0) is 22.6 Å². The van der Waals surface area contributed by atoms with Crippen molar-refractivity contribution >= 4 is 23.4 Å². The average Bonchev–Trinajstić information content (AvgIpc) is 3.31. The summed E-state index contributed by atoms with van der Waals surface area (Å²) < 4.78 is 32.6. The summed E-state index contributed by atoms with van der Waals surface area (Å²) in [7, 11) is 1.55. The maximum absolute atomic E-state index is 14.0. The maximum atomic E-state index is 14.0. The Bertz CT molecular complexity index is 1920. The number of aryl methyl sites for hydroxylation is 1. The van der Waals surface area contributed by atoms with Gasteiger partial charge >= 0.3 is 5.97 Å². The summed E-state index contributed by atoms with van der Waals surface area (Å²) in [6.45, 7) is 9.81. The number of thiazole rings is 1. The molecule has 3 aromatic carbocycles. The van der Waals surface area contributed by atoms with Crippen LogP contribution in [0.1, 0.15) is 47.7 Å². The number of carbonyl (C=O) groups is 1. The summed E-state index contributed by atoms with van der Waals surface area (Å²) in [4.78, 5) is 32.3. The number of fused-ring (bicyclic) bond motifs is 1. The van der Waals surface area contributed by atoms with Gasteiger partial charge in [0.15, 0.2) is 16.3 Å². The Kier molecular flexibility index (Phi) is 9.25. The summed E-state index contributed by atoms with van der Waals surface area (Å²) in [5.74, 6) is 0.224. The molecular formula is C35H33FN2O5S. The number of halogens is 1. The Morgan fingerprint density at radius 2 is 1.84 bits per heavy atom. The van der Waals surface area contributed by atoms with Crippen molar-refractivity contribution in [1.82, 2.24) is 4.57 Å². The van der Waals surface area contributed by atoms with Crippen LogP contribution in [0.5, 0.6) is 11.5 Å². The number of hydrogen-bond acceptors (Lipinski definition) is 7. The fraction of sp³-hybridized carbons (Fsp3) is 0.229. The lowest BCUT2D eigenvalue weighted by molar-refractivity contribution is -0.139. The first-order valence-corrected chi connectivity index (χ1v) is 15.0. The van der Waals surface area contributed by atoms with E-state index >= 15 is 0 Å². The first-order valence-electron chi connectivity index (χ1n) is 14.2.